The first kappa shape index (κ1) is 19.9. The van der Waals surface area contributed by atoms with E-state index in [0.717, 1.165) is 19.4 Å². The van der Waals surface area contributed by atoms with Gasteiger partial charge in [0.05, 0.1) is 0 Å². The van der Waals surface area contributed by atoms with Crippen molar-refractivity contribution < 1.29 is 9.53 Å². The van der Waals surface area contributed by atoms with Crippen LogP contribution in [-0.2, 0) is 4.74 Å². The Kier molecular flexibility index (Phi) is 7.38. The van der Waals surface area contributed by atoms with Gasteiger partial charge < -0.3 is 20.7 Å². The lowest BCUT2D eigenvalue weighted by atomic mass is 9.98. The zero-order valence-electron chi connectivity index (χ0n) is 16.2. The van der Waals surface area contributed by atoms with Crippen molar-refractivity contribution in [3.63, 3.8) is 0 Å². The Bertz CT molecular complexity index is 451. The van der Waals surface area contributed by atoms with E-state index in [2.05, 4.69) is 10.3 Å². The maximum Gasteiger partial charge on any atom is 0.410 e. The van der Waals surface area contributed by atoms with Crippen molar-refractivity contribution in [3.8, 4) is 0 Å². The Morgan fingerprint density at radius 1 is 1.16 bits per heavy atom. The van der Waals surface area contributed by atoms with E-state index >= 15 is 0 Å². The number of nitrogens with zero attached hydrogens (tertiary/aromatic N) is 2. The Hall–Kier alpha value is -1.46. The smallest absolute Gasteiger partial charge is 0.410 e. The van der Waals surface area contributed by atoms with Gasteiger partial charge in [-0.1, -0.05) is 25.7 Å². The third-order valence-corrected chi connectivity index (χ3v) is 4.90. The van der Waals surface area contributed by atoms with Crippen LogP contribution in [0.4, 0.5) is 4.79 Å². The molecule has 0 spiro atoms. The predicted molar refractivity (Wildman–Crippen MR) is 102 cm³/mol. The van der Waals surface area contributed by atoms with Gasteiger partial charge in [-0.2, -0.15) is 0 Å². The maximum atomic E-state index is 12.2. The zero-order chi connectivity index (χ0) is 18.3. The van der Waals surface area contributed by atoms with Crippen LogP contribution in [0.25, 0.3) is 0 Å². The van der Waals surface area contributed by atoms with E-state index in [4.69, 9.17) is 10.5 Å². The number of piperidine rings is 1. The summed E-state index contributed by atoms with van der Waals surface area (Å²) in [4.78, 5) is 18.6. The number of rotatable bonds is 3. The third-order valence-electron chi connectivity index (χ3n) is 4.90. The van der Waals surface area contributed by atoms with E-state index in [1.807, 2.05) is 25.7 Å². The van der Waals surface area contributed by atoms with Crippen molar-refractivity contribution in [2.45, 2.75) is 83.8 Å². The van der Waals surface area contributed by atoms with E-state index in [0.29, 0.717) is 31.0 Å². The van der Waals surface area contributed by atoms with Crippen LogP contribution in [0.5, 0.6) is 0 Å². The molecule has 2 aliphatic rings. The van der Waals surface area contributed by atoms with Gasteiger partial charge in [0.1, 0.15) is 5.60 Å². The van der Waals surface area contributed by atoms with Crippen LogP contribution in [0.15, 0.2) is 4.99 Å². The molecule has 1 heterocycles. The van der Waals surface area contributed by atoms with E-state index in [9.17, 15) is 4.79 Å². The molecule has 0 aromatic rings. The highest BCUT2D eigenvalue weighted by atomic mass is 16.6. The molecule has 1 saturated heterocycles. The molecule has 1 aliphatic carbocycles. The molecule has 1 aliphatic heterocycles. The summed E-state index contributed by atoms with van der Waals surface area (Å²) < 4.78 is 5.48. The molecule has 6 nitrogen and oxygen atoms in total. The van der Waals surface area contributed by atoms with Crippen LogP contribution < -0.4 is 11.1 Å². The molecule has 2 rings (SSSR count). The molecule has 25 heavy (non-hydrogen) atoms. The van der Waals surface area contributed by atoms with Gasteiger partial charge >= 0.3 is 6.09 Å². The van der Waals surface area contributed by atoms with Crippen molar-refractivity contribution >= 4 is 12.1 Å². The number of carbonyl (C=O) groups excluding carboxylic acids is 1. The third kappa shape index (κ3) is 7.53. The van der Waals surface area contributed by atoms with Crippen molar-refractivity contribution in [3.05, 3.63) is 0 Å². The summed E-state index contributed by atoms with van der Waals surface area (Å²) in [6.45, 7) is 7.84. The number of ether oxygens (including phenoxy) is 1. The van der Waals surface area contributed by atoms with Gasteiger partial charge in [0, 0.05) is 25.7 Å². The minimum atomic E-state index is -0.449. The molecule has 1 amide bonds. The highest BCUT2D eigenvalue weighted by Crippen LogP contribution is 2.20. The molecule has 1 unspecified atom stereocenters. The molecule has 0 aromatic carbocycles. The highest BCUT2D eigenvalue weighted by Gasteiger charge is 2.27. The largest absolute Gasteiger partial charge is 0.444 e. The summed E-state index contributed by atoms with van der Waals surface area (Å²) in [5.74, 6) is 0.914. The monoisotopic (exact) mass is 352 g/mol. The topological polar surface area (TPSA) is 80.0 Å². The SMILES string of the molecule is CC(C)(C)OC(=O)N1CCCC(CN=C(N)NC2CCCCCC2)C1. The van der Waals surface area contributed by atoms with Crippen molar-refractivity contribution in [1.82, 2.24) is 10.2 Å². The number of aliphatic imine (C=N–C) groups is 1. The van der Waals surface area contributed by atoms with Crippen LogP contribution in [0.1, 0.15) is 72.1 Å². The van der Waals surface area contributed by atoms with Gasteiger partial charge in [-0.05, 0) is 52.4 Å². The van der Waals surface area contributed by atoms with Gasteiger partial charge in [-0.15, -0.1) is 0 Å². The normalized spacial score (nSPS) is 23.9. The number of hydrogen-bond donors (Lipinski definition) is 2. The second-order valence-corrected chi connectivity index (χ2v) is 8.49. The van der Waals surface area contributed by atoms with Crippen LogP contribution in [0, 0.1) is 5.92 Å². The second kappa shape index (κ2) is 9.30. The first-order chi connectivity index (χ1) is 11.8. The lowest BCUT2D eigenvalue weighted by Crippen LogP contribution is -2.44. The average molecular weight is 353 g/mol. The summed E-state index contributed by atoms with van der Waals surface area (Å²) in [7, 11) is 0. The fraction of sp³-hybridized carbons (Fsp3) is 0.895. The zero-order valence-corrected chi connectivity index (χ0v) is 16.2. The summed E-state index contributed by atoms with van der Waals surface area (Å²) in [5, 5.41) is 3.39. The lowest BCUT2D eigenvalue weighted by Gasteiger charge is -2.33. The second-order valence-electron chi connectivity index (χ2n) is 8.49. The first-order valence-corrected chi connectivity index (χ1v) is 9.88. The summed E-state index contributed by atoms with van der Waals surface area (Å²) in [5.41, 5.74) is 5.63. The van der Waals surface area contributed by atoms with Gasteiger partial charge in [0.15, 0.2) is 5.96 Å². The number of hydrogen-bond acceptors (Lipinski definition) is 3. The Labute approximate surface area is 152 Å². The molecule has 2 fully saturated rings. The van der Waals surface area contributed by atoms with Crippen LogP contribution >= 0.6 is 0 Å². The Morgan fingerprint density at radius 3 is 2.48 bits per heavy atom. The summed E-state index contributed by atoms with van der Waals surface area (Å²) >= 11 is 0. The lowest BCUT2D eigenvalue weighted by molar-refractivity contribution is 0.0171. The van der Waals surface area contributed by atoms with Gasteiger partial charge in [-0.3, -0.25) is 4.99 Å². The van der Waals surface area contributed by atoms with Crippen LogP contribution in [-0.4, -0.2) is 48.2 Å². The number of nitrogens with two attached hydrogens (primary N) is 1. The van der Waals surface area contributed by atoms with Gasteiger partial charge in [-0.25, -0.2) is 4.79 Å². The molecule has 1 atom stereocenters. The summed E-state index contributed by atoms with van der Waals surface area (Å²) in [6.07, 6.45) is 9.45. The van der Waals surface area contributed by atoms with Crippen LogP contribution in [0.2, 0.25) is 0 Å². The Morgan fingerprint density at radius 2 is 1.84 bits per heavy atom. The number of guanidine groups is 1. The first-order valence-electron chi connectivity index (χ1n) is 9.88. The molecule has 0 radical (unpaired) electrons. The fourth-order valence-corrected chi connectivity index (χ4v) is 3.61. The molecule has 0 aromatic heterocycles. The fourth-order valence-electron chi connectivity index (χ4n) is 3.61. The molecule has 3 N–H and O–H groups in total. The van der Waals surface area contributed by atoms with Gasteiger partial charge in [0.2, 0.25) is 0 Å². The number of nitrogens with one attached hydrogen (secondary N) is 1. The molecule has 1 saturated carbocycles. The standard InChI is InChI=1S/C19H36N4O2/c1-19(2,3)25-18(24)23-12-8-9-15(14-23)13-21-17(20)22-16-10-6-4-5-7-11-16/h15-16H,4-14H2,1-3H3,(H3,20,21,22). The van der Waals surface area contributed by atoms with Crippen LogP contribution in [0.3, 0.4) is 0 Å². The Balaban J connectivity index is 1.78. The minimum absolute atomic E-state index is 0.217. The average Bonchev–Trinajstić information content (AvgIpc) is 2.80. The highest BCUT2D eigenvalue weighted by molar-refractivity contribution is 5.78. The van der Waals surface area contributed by atoms with Crippen molar-refractivity contribution in [2.24, 2.45) is 16.6 Å². The number of likely N-dealkylation sites (tertiary alicyclic amines) is 1. The summed E-state index contributed by atoms with van der Waals surface area (Å²) in [6, 6.07) is 0.468. The van der Waals surface area contributed by atoms with E-state index in [1.54, 1.807) is 0 Å². The molecule has 0 bridgehead atoms. The van der Waals surface area contributed by atoms with Crippen molar-refractivity contribution in [1.29, 1.82) is 0 Å². The number of carbonyl (C=O) groups is 1. The van der Waals surface area contributed by atoms with E-state index in [1.165, 1.54) is 38.5 Å². The molecule has 6 heteroatoms. The van der Waals surface area contributed by atoms with Gasteiger partial charge in [0.25, 0.3) is 0 Å². The number of amides is 1. The molecular weight excluding hydrogens is 316 g/mol. The quantitative estimate of drug-likeness (QED) is 0.464. The molecular formula is C19H36N4O2. The van der Waals surface area contributed by atoms with E-state index < -0.39 is 5.60 Å². The maximum absolute atomic E-state index is 12.2. The molecule has 144 valence electrons. The van der Waals surface area contributed by atoms with E-state index in [-0.39, 0.29) is 6.09 Å². The predicted octanol–water partition coefficient (Wildman–Crippen LogP) is 3.26. The minimum Gasteiger partial charge on any atom is -0.444 e. The van der Waals surface area contributed by atoms with Crippen molar-refractivity contribution in [2.75, 3.05) is 19.6 Å².